The van der Waals surface area contributed by atoms with E-state index in [9.17, 15) is 13.6 Å². The molecule has 0 saturated heterocycles. The Morgan fingerprint density at radius 2 is 2.33 bits per heavy atom. The Labute approximate surface area is 104 Å². The summed E-state index contributed by atoms with van der Waals surface area (Å²) in [4.78, 5) is 15.6. The van der Waals surface area contributed by atoms with Gasteiger partial charge in [0.2, 0.25) is 11.8 Å². The van der Waals surface area contributed by atoms with Crippen molar-refractivity contribution in [2.45, 2.75) is 57.3 Å². The standard InChI is InChI=1S/C12H16F2N2O2/c1-3-9(17)7(2)11-15-10(16-18-11)8-4-5-12(13,14)6-8/h7-8H,3-6H2,1-2H3. The van der Waals surface area contributed by atoms with E-state index in [1.807, 2.05) is 0 Å². The fourth-order valence-electron chi connectivity index (χ4n) is 2.20. The Bertz CT molecular complexity index is 445. The Kier molecular flexibility index (Phi) is 3.45. The van der Waals surface area contributed by atoms with Gasteiger partial charge in [0.1, 0.15) is 5.78 Å². The number of halogens is 2. The van der Waals surface area contributed by atoms with Crippen LogP contribution >= 0.6 is 0 Å². The first kappa shape index (κ1) is 13.1. The summed E-state index contributed by atoms with van der Waals surface area (Å²) in [5.74, 6) is -2.91. The van der Waals surface area contributed by atoms with Crippen LogP contribution in [0.5, 0.6) is 0 Å². The summed E-state index contributed by atoms with van der Waals surface area (Å²) in [5, 5.41) is 3.73. The SMILES string of the molecule is CCC(=O)C(C)c1nc(C2CCC(F)(F)C2)no1. The lowest BCUT2D eigenvalue weighted by atomic mass is 10.0. The van der Waals surface area contributed by atoms with Gasteiger partial charge in [0.15, 0.2) is 5.82 Å². The summed E-state index contributed by atoms with van der Waals surface area (Å²) in [6.07, 6.45) is 0.384. The van der Waals surface area contributed by atoms with Crippen molar-refractivity contribution >= 4 is 5.78 Å². The van der Waals surface area contributed by atoms with Crippen LogP contribution < -0.4 is 0 Å². The van der Waals surface area contributed by atoms with Crippen molar-refractivity contribution in [3.05, 3.63) is 11.7 Å². The van der Waals surface area contributed by atoms with Crippen LogP contribution in [0.2, 0.25) is 0 Å². The Morgan fingerprint density at radius 1 is 1.61 bits per heavy atom. The number of ketones is 1. The average Bonchev–Trinajstić information content (AvgIpc) is 2.93. The first-order chi connectivity index (χ1) is 8.43. The highest BCUT2D eigenvalue weighted by atomic mass is 19.3. The second-order valence-electron chi connectivity index (χ2n) is 4.83. The molecule has 1 aliphatic carbocycles. The summed E-state index contributed by atoms with van der Waals surface area (Å²) in [5.41, 5.74) is 0. The molecule has 1 heterocycles. The molecule has 2 unspecified atom stereocenters. The van der Waals surface area contributed by atoms with Crippen LogP contribution in [-0.2, 0) is 4.79 Å². The molecule has 0 spiro atoms. The molecule has 4 nitrogen and oxygen atoms in total. The largest absolute Gasteiger partial charge is 0.339 e. The number of rotatable bonds is 4. The molecule has 2 rings (SSSR count). The quantitative estimate of drug-likeness (QED) is 0.832. The Morgan fingerprint density at radius 3 is 2.89 bits per heavy atom. The lowest BCUT2D eigenvalue weighted by Crippen LogP contribution is -2.10. The first-order valence-electron chi connectivity index (χ1n) is 6.17. The molecule has 0 aliphatic heterocycles. The Hall–Kier alpha value is -1.33. The minimum absolute atomic E-state index is 0.00181. The van der Waals surface area contributed by atoms with E-state index in [4.69, 9.17) is 4.52 Å². The second kappa shape index (κ2) is 4.74. The van der Waals surface area contributed by atoms with Gasteiger partial charge in [-0.25, -0.2) is 8.78 Å². The molecule has 0 aromatic carbocycles. The average molecular weight is 258 g/mol. The normalized spacial score (nSPS) is 24.1. The van der Waals surface area contributed by atoms with Gasteiger partial charge in [0.25, 0.3) is 0 Å². The monoisotopic (exact) mass is 258 g/mol. The molecule has 0 radical (unpaired) electrons. The number of nitrogens with zero attached hydrogens (tertiary/aromatic N) is 2. The first-order valence-corrected chi connectivity index (χ1v) is 6.17. The predicted octanol–water partition coefficient (Wildman–Crippen LogP) is 3.06. The van der Waals surface area contributed by atoms with E-state index in [0.717, 1.165) is 0 Å². The van der Waals surface area contributed by atoms with E-state index >= 15 is 0 Å². The van der Waals surface area contributed by atoms with E-state index in [1.165, 1.54) is 0 Å². The van der Waals surface area contributed by atoms with Gasteiger partial charge in [-0.2, -0.15) is 4.98 Å². The zero-order valence-electron chi connectivity index (χ0n) is 10.4. The molecule has 1 fully saturated rings. The van der Waals surface area contributed by atoms with Crippen molar-refractivity contribution in [1.29, 1.82) is 0 Å². The number of carbonyl (C=O) groups excluding carboxylic acids is 1. The van der Waals surface area contributed by atoms with Crippen molar-refractivity contribution in [2.75, 3.05) is 0 Å². The maximum atomic E-state index is 13.1. The smallest absolute Gasteiger partial charge is 0.248 e. The summed E-state index contributed by atoms with van der Waals surface area (Å²) >= 11 is 0. The summed E-state index contributed by atoms with van der Waals surface area (Å²) in [6, 6.07) is 0. The molecule has 6 heteroatoms. The van der Waals surface area contributed by atoms with Gasteiger partial charge in [-0.1, -0.05) is 12.1 Å². The minimum Gasteiger partial charge on any atom is -0.339 e. The molecule has 0 bridgehead atoms. The van der Waals surface area contributed by atoms with Gasteiger partial charge < -0.3 is 4.52 Å². The maximum absolute atomic E-state index is 13.1. The third-order valence-corrected chi connectivity index (χ3v) is 3.43. The highest BCUT2D eigenvalue weighted by Gasteiger charge is 2.42. The van der Waals surface area contributed by atoms with Crippen molar-refractivity contribution in [3.63, 3.8) is 0 Å². The van der Waals surface area contributed by atoms with Crippen molar-refractivity contribution in [3.8, 4) is 0 Å². The summed E-state index contributed by atoms with van der Waals surface area (Å²) in [7, 11) is 0. The third kappa shape index (κ3) is 2.57. The third-order valence-electron chi connectivity index (χ3n) is 3.43. The lowest BCUT2D eigenvalue weighted by Gasteiger charge is -2.06. The van der Waals surface area contributed by atoms with Gasteiger partial charge in [-0.05, 0) is 13.3 Å². The van der Waals surface area contributed by atoms with Crippen LogP contribution in [0.25, 0.3) is 0 Å². The van der Waals surface area contributed by atoms with Crippen LogP contribution in [0.4, 0.5) is 8.78 Å². The molecule has 18 heavy (non-hydrogen) atoms. The fraction of sp³-hybridized carbons (Fsp3) is 0.750. The zero-order valence-corrected chi connectivity index (χ0v) is 10.4. The molecule has 1 saturated carbocycles. The van der Waals surface area contributed by atoms with Crippen LogP contribution in [0.1, 0.15) is 63.1 Å². The molecule has 1 aliphatic rings. The minimum atomic E-state index is -2.63. The number of carbonyl (C=O) groups is 1. The van der Waals surface area contributed by atoms with Gasteiger partial charge in [0.05, 0.1) is 5.92 Å². The molecule has 100 valence electrons. The Balaban J connectivity index is 2.09. The molecule has 0 amide bonds. The van der Waals surface area contributed by atoms with E-state index in [0.29, 0.717) is 18.7 Å². The summed E-state index contributed by atoms with van der Waals surface area (Å²) < 4.78 is 31.2. The highest BCUT2D eigenvalue weighted by Crippen LogP contribution is 2.43. The lowest BCUT2D eigenvalue weighted by molar-refractivity contribution is -0.120. The van der Waals surface area contributed by atoms with E-state index in [-0.39, 0.29) is 30.4 Å². The molecule has 0 N–H and O–H groups in total. The van der Waals surface area contributed by atoms with Crippen LogP contribution in [0.15, 0.2) is 4.52 Å². The number of aromatic nitrogens is 2. The number of hydrogen-bond acceptors (Lipinski definition) is 4. The van der Waals surface area contributed by atoms with Gasteiger partial charge in [-0.15, -0.1) is 0 Å². The van der Waals surface area contributed by atoms with Crippen molar-refractivity contribution < 1.29 is 18.1 Å². The van der Waals surface area contributed by atoms with E-state index in [2.05, 4.69) is 10.1 Å². The van der Waals surface area contributed by atoms with Crippen molar-refractivity contribution in [2.24, 2.45) is 0 Å². The molecule has 1 aromatic heterocycles. The van der Waals surface area contributed by atoms with Crippen LogP contribution in [-0.4, -0.2) is 21.8 Å². The number of Topliss-reactive ketones (excluding diaryl/α,β-unsaturated/α-hetero) is 1. The number of alkyl halides is 2. The molecule has 2 atom stereocenters. The predicted molar refractivity (Wildman–Crippen MR) is 59.6 cm³/mol. The van der Waals surface area contributed by atoms with Crippen molar-refractivity contribution in [1.82, 2.24) is 10.1 Å². The molecular weight excluding hydrogens is 242 g/mol. The molecular formula is C12H16F2N2O2. The fourth-order valence-corrected chi connectivity index (χ4v) is 2.20. The van der Waals surface area contributed by atoms with E-state index in [1.54, 1.807) is 13.8 Å². The van der Waals surface area contributed by atoms with Gasteiger partial charge in [0, 0.05) is 25.2 Å². The zero-order chi connectivity index (χ0) is 13.3. The van der Waals surface area contributed by atoms with E-state index < -0.39 is 11.8 Å². The summed E-state index contributed by atoms with van der Waals surface area (Å²) in [6.45, 7) is 3.44. The highest BCUT2D eigenvalue weighted by molar-refractivity contribution is 5.83. The topological polar surface area (TPSA) is 56.0 Å². The number of hydrogen-bond donors (Lipinski definition) is 0. The second-order valence-corrected chi connectivity index (χ2v) is 4.83. The van der Waals surface area contributed by atoms with Gasteiger partial charge >= 0.3 is 0 Å². The maximum Gasteiger partial charge on any atom is 0.248 e. The molecule has 1 aromatic rings. The van der Waals surface area contributed by atoms with Crippen LogP contribution in [0, 0.1) is 0 Å². The van der Waals surface area contributed by atoms with Crippen LogP contribution in [0.3, 0.4) is 0 Å². The van der Waals surface area contributed by atoms with Gasteiger partial charge in [-0.3, -0.25) is 4.79 Å².